The lowest BCUT2D eigenvalue weighted by atomic mass is 9.93. The monoisotopic (exact) mass is 484 g/mol. The molecule has 0 saturated heterocycles. The standard InChI is InChI=1S/C36H24N2/c1-2-12-26(25(11-1)24-21-22-28-27-13-3-7-17-32(27)37-33(28)23-24)29-14-4-8-18-34(29)38-35-19-9-5-15-30(35)31-16-6-10-20-36(31)38/h1-23,37H. The molecule has 2 heterocycles. The van der Waals surface area contributed by atoms with Crippen LogP contribution in [0.4, 0.5) is 0 Å². The Morgan fingerprint density at radius 1 is 0.395 bits per heavy atom. The van der Waals surface area contributed by atoms with E-state index < -0.39 is 0 Å². The number of fused-ring (bicyclic) bond motifs is 6. The molecule has 6 aromatic carbocycles. The van der Waals surface area contributed by atoms with Crippen molar-refractivity contribution in [2.75, 3.05) is 0 Å². The molecule has 38 heavy (non-hydrogen) atoms. The van der Waals surface area contributed by atoms with E-state index in [0.29, 0.717) is 0 Å². The Morgan fingerprint density at radius 3 is 1.71 bits per heavy atom. The second-order valence-corrected chi connectivity index (χ2v) is 9.86. The molecular formula is C36H24N2. The molecule has 0 spiro atoms. The van der Waals surface area contributed by atoms with Crippen LogP contribution in [0.3, 0.4) is 0 Å². The molecule has 0 bridgehead atoms. The molecule has 2 aromatic heterocycles. The molecule has 0 radical (unpaired) electrons. The van der Waals surface area contributed by atoms with Gasteiger partial charge in [-0.15, -0.1) is 0 Å². The van der Waals surface area contributed by atoms with Gasteiger partial charge in [-0.2, -0.15) is 0 Å². The minimum absolute atomic E-state index is 1.16. The molecule has 0 aliphatic heterocycles. The van der Waals surface area contributed by atoms with Crippen molar-refractivity contribution >= 4 is 43.6 Å². The summed E-state index contributed by atoms with van der Waals surface area (Å²) in [7, 11) is 0. The summed E-state index contributed by atoms with van der Waals surface area (Å²) < 4.78 is 2.41. The fourth-order valence-electron chi connectivity index (χ4n) is 6.07. The van der Waals surface area contributed by atoms with Crippen LogP contribution >= 0.6 is 0 Å². The second kappa shape index (κ2) is 8.22. The highest BCUT2D eigenvalue weighted by Gasteiger charge is 2.17. The smallest absolute Gasteiger partial charge is 0.0541 e. The zero-order valence-electron chi connectivity index (χ0n) is 20.7. The quantitative estimate of drug-likeness (QED) is 0.258. The predicted octanol–water partition coefficient (Wildman–Crippen LogP) is 9.75. The van der Waals surface area contributed by atoms with Crippen LogP contribution in [0, 0.1) is 0 Å². The normalized spacial score (nSPS) is 11.7. The molecule has 0 fully saturated rings. The van der Waals surface area contributed by atoms with Gasteiger partial charge in [0.05, 0.1) is 16.7 Å². The summed E-state index contributed by atoms with van der Waals surface area (Å²) in [6, 6.07) is 50.2. The molecule has 0 aliphatic rings. The molecule has 2 heteroatoms. The average Bonchev–Trinajstić information content (AvgIpc) is 3.52. The van der Waals surface area contributed by atoms with Gasteiger partial charge in [-0.25, -0.2) is 0 Å². The number of para-hydroxylation sites is 4. The number of benzene rings is 6. The van der Waals surface area contributed by atoms with E-state index in [0.717, 1.165) is 5.52 Å². The molecule has 0 atom stereocenters. The van der Waals surface area contributed by atoms with Gasteiger partial charge in [0.2, 0.25) is 0 Å². The topological polar surface area (TPSA) is 20.7 Å². The van der Waals surface area contributed by atoms with Gasteiger partial charge < -0.3 is 9.55 Å². The van der Waals surface area contributed by atoms with E-state index in [9.17, 15) is 0 Å². The first-order chi connectivity index (χ1) is 18.9. The predicted molar refractivity (Wildman–Crippen MR) is 161 cm³/mol. The van der Waals surface area contributed by atoms with E-state index in [1.807, 2.05) is 0 Å². The zero-order valence-corrected chi connectivity index (χ0v) is 20.7. The maximum absolute atomic E-state index is 3.62. The Balaban J connectivity index is 1.38. The maximum Gasteiger partial charge on any atom is 0.0541 e. The van der Waals surface area contributed by atoms with Crippen molar-refractivity contribution in [3.63, 3.8) is 0 Å². The summed E-state index contributed by atoms with van der Waals surface area (Å²) >= 11 is 0. The molecule has 0 saturated carbocycles. The highest BCUT2D eigenvalue weighted by molar-refractivity contribution is 6.10. The number of nitrogens with one attached hydrogen (secondary N) is 1. The summed E-state index contributed by atoms with van der Waals surface area (Å²) in [6.45, 7) is 0. The minimum atomic E-state index is 1.16. The van der Waals surface area contributed by atoms with Gasteiger partial charge in [0.1, 0.15) is 0 Å². The van der Waals surface area contributed by atoms with Crippen LogP contribution in [0.25, 0.3) is 71.6 Å². The lowest BCUT2D eigenvalue weighted by Crippen LogP contribution is -1.98. The number of nitrogens with zero attached hydrogens (tertiary/aromatic N) is 1. The van der Waals surface area contributed by atoms with E-state index in [2.05, 4.69) is 149 Å². The Morgan fingerprint density at radius 2 is 0.947 bits per heavy atom. The highest BCUT2D eigenvalue weighted by Crippen LogP contribution is 2.40. The maximum atomic E-state index is 3.62. The van der Waals surface area contributed by atoms with Crippen LogP contribution < -0.4 is 0 Å². The Kier molecular flexibility index (Phi) is 4.55. The second-order valence-electron chi connectivity index (χ2n) is 9.86. The number of aromatic amines is 1. The molecule has 1 N–H and O–H groups in total. The summed E-state index contributed by atoms with van der Waals surface area (Å²) in [4.78, 5) is 3.62. The number of aromatic nitrogens is 2. The molecule has 0 amide bonds. The number of hydrogen-bond acceptors (Lipinski definition) is 0. The van der Waals surface area contributed by atoms with Crippen LogP contribution in [0.1, 0.15) is 0 Å². The fourth-order valence-corrected chi connectivity index (χ4v) is 6.07. The van der Waals surface area contributed by atoms with Gasteiger partial charge in [-0.05, 0) is 47.0 Å². The summed E-state index contributed by atoms with van der Waals surface area (Å²) in [6.07, 6.45) is 0. The third-order valence-corrected chi connectivity index (χ3v) is 7.76. The Labute approximate surface area is 220 Å². The highest BCUT2D eigenvalue weighted by atomic mass is 15.0. The molecular weight excluding hydrogens is 460 g/mol. The summed E-state index contributed by atoms with van der Waals surface area (Å²) in [5.74, 6) is 0. The van der Waals surface area contributed by atoms with Gasteiger partial charge in [0, 0.05) is 38.1 Å². The summed E-state index contributed by atoms with van der Waals surface area (Å²) in [5, 5.41) is 5.07. The van der Waals surface area contributed by atoms with Gasteiger partial charge in [0.25, 0.3) is 0 Å². The first-order valence-electron chi connectivity index (χ1n) is 13.0. The third kappa shape index (κ3) is 3.07. The largest absolute Gasteiger partial charge is 0.354 e. The fraction of sp³-hybridized carbons (Fsp3) is 0. The van der Waals surface area contributed by atoms with Crippen molar-refractivity contribution in [1.82, 2.24) is 9.55 Å². The molecule has 178 valence electrons. The van der Waals surface area contributed by atoms with Crippen LogP contribution in [0.2, 0.25) is 0 Å². The zero-order chi connectivity index (χ0) is 25.1. The van der Waals surface area contributed by atoms with Gasteiger partial charge in [0.15, 0.2) is 0 Å². The van der Waals surface area contributed by atoms with Crippen molar-refractivity contribution in [2.45, 2.75) is 0 Å². The van der Waals surface area contributed by atoms with Crippen LogP contribution in [-0.4, -0.2) is 9.55 Å². The van der Waals surface area contributed by atoms with Crippen LogP contribution in [0.5, 0.6) is 0 Å². The lowest BCUT2D eigenvalue weighted by Gasteiger charge is -2.17. The van der Waals surface area contributed by atoms with E-state index in [-0.39, 0.29) is 0 Å². The number of hydrogen-bond donors (Lipinski definition) is 1. The van der Waals surface area contributed by atoms with Crippen molar-refractivity contribution in [1.29, 1.82) is 0 Å². The van der Waals surface area contributed by atoms with Crippen molar-refractivity contribution in [2.24, 2.45) is 0 Å². The van der Waals surface area contributed by atoms with Crippen LogP contribution in [-0.2, 0) is 0 Å². The van der Waals surface area contributed by atoms with Gasteiger partial charge in [-0.1, -0.05) is 109 Å². The van der Waals surface area contributed by atoms with E-state index >= 15 is 0 Å². The van der Waals surface area contributed by atoms with Crippen LogP contribution in [0.15, 0.2) is 140 Å². The van der Waals surface area contributed by atoms with Crippen molar-refractivity contribution in [3.05, 3.63) is 140 Å². The minimum Gasteiger partial charge on any atom is -0.354 e. The molecule has 8 aromatic rings. The number of rotatable bonds is 3. The van der Waals surface area contributed by atoms with E-state index in [4.69, 9.17) is 0 Å². The molecule has 0 aliphatic carbocycles. The lowest BCUT2D eigenvalue weighted by molar-refractivity contribution is 1.18. The van der Waals surface area contributed by atoms with Crippen molar-refractivity contribution in [3.8, 4) is 27.9 Å². The molecule has 8 rings (SSSR count). The molecule has 2 nitrogen and oxygen atoms in total. The van der Waals surface area contributed by atoms with E-state index in [1.54, 1.807) is 0 Å². The number of H-pyrrole nitrogens is 1. The first kappa shape index (κ1) is 21.0. The molecule has 0 unspecified atom stereocenters. The van der Waals surface area contributed by atoms with Gasteiger partial charge >= 0.3 is 0 Å². The van der Waals surface area contributed by atoms with Crippen molar-refractivity contribution < 1.29 is 0 Å². The summed E-state index contributed by atoms with van der Waals surface area (Å²) in [5.41, 5.74) is 10.8. The third-order valence-electron chi connectivity index (χ3n) is 7.76. The SMILES string of the molecule is c1ccc(-c2ccccc2-n2c3ccccc3c3ccccc32)c(-c2ccc3c(c2)[nH]c2ccccc23)c1. The Bertz CT molecular complexity index is 2090. The van der Waals surface area contributed by atoms with Gasteiger partial charge in [-0.3, -0.25) is 0 Å². The average molecular weight is 485 g/mol. The van der Waals surface area contributed by atoms with E-state index in [1.165, 1.54) is 66.0 Å². The Hall–Kier alpha value is -5.08. The first-order valence-corrected chi connectivity index (χ1v) is 13.0.